The van der Waals surface area contributed by atoms with E-state index >= 15 is 0 Å². The normalized spacial score (nSPS) is 11.8. The highest BCUT2D eigenvalue weighted by Crippen LogP contribution is 2.40. The van der Waals surface area contributed by atoms with Crippen LogP contribution in [0.3, 0.4) is 0 Å². The third-order valence-electron chi connectivity index (χ3n) is 13.7. The van der Waals surface area contributed by atoms with Crippen molar-refractivity contribution in [3.63, 3.8) is 0 Å². The fourth-order valence-electron chi connectivity index (χ4n) is 10.6. The van der Waals surface area contributed by atoms with Crippen LogP contribution in [0.1, 0.15) is 0 Å². The van der Waals surface area contributed by atoms with Gasteiger partial charge in [0.05, 0.1) is 22.1 Å². The van der Waals surface area contributed by atoms with Crippen LogP contribution in [-0.2, 0) is 0 Å². The lowest BCUT2D eigenvalue weighted by Crippen LogP contribution is -2.06. The molecule has 3 heterocycles. The van der Waals surface area contributed by atoms with Crippen molar-refractivity contribution in [3.05, 3.63) is 237 Å². The molecule has 5 heteroatoms. The number of nitrogens with zero attached hydrogens (tertiary/aromatic N) is 5. The minimum atomic E-state index is 0.561. The van der Waals surface area contributed by atoms with Gasteiger partial charge in [0.15, 0.2) is 11.6 Å². The maximum atomic E-state index is 5.41. The molecule has 0 spiro atoms. The summed E-state index contributed by atoms with van der Waals surface area (Å²) >= 11 is 0. The second kappa shape index (κ2) is 15.2. The quantitative estimate of drug-likeness (QED) is 0.156. The van der Waals surface area contributed by atoms with E-state index in [1.165, 1.54) is 48.8 Å². The van der Waals surface area contributed by atoms with Gasteiger partial charge in [-0.3, -0.25) is 4.57 Å². The van der Waals surface area contributed by atoms with Crippen LogP contribution < -0.4 is 0 Å². The molecule has 11 aromatic carbocycles. The molecule has 0 saturated carbocycles. The second-order valence-electron chi connectivity index (χ2n) is 17.6. The van der Waals surface area contributed by atoms with Crippen LogP contribution in [0, 0.1) is 0 Å². The molecule has 0 radical (unpaired) electrons. The first kappa shape index (κ1) is 38.1. The lowest BCUT2D eigenvalue weighted by Gasteiger charge is -2.14. The van der Waals surface area contributed by atoms with Gasteiger partial charge in [-0.15, -0.1) is 0 Å². The first-order chi connectivity index (χ1) is 33.7. The summed E-state index contributed by atoms with van der Waals surface area (Å²) in [5.41, 5.74) is 11.9. The molecule has 14 aromatic rings. The van der Waals surface area contributed by atoms with Gasteiger partial charge in [-0.1, -0.05) is 182 Å². The van der Waals surface area contributed by atoms with Crippen molar-refractivity contribution >= 4 is 75.9 Å². The summed E-state index contributed by atoms with van der Waals surface area (Å²) in [4.78, 5) is 16.2. The van der Waals surface area contributed by atoms with E-state index in [0.29, 0.717) is 17.6 Å². The molecule has 0 N–H and O–H groups in total. The van der Waals surface area contributed by atoms with Crippen molar-refractivity contribution in [2.45, 2.75) is 0 Å². The van der Waals surface area contributed by atoms with Crippen molar-refractivity contribution in [2.75, 3.05) is 0 Å². The smallest absolute Gasteiger partial charge is 0.238 e. The zero-order valence-electron chi connectivity index (χ0n) is 36.8. The zero-order chi connectivity index (χ0) is 44.7. The van der Waals surface area contributed by atoms with E-state index < -0.39 is 0 Å². The van der Waals surface area contributed by atoms with Crippen LogP contribution in [0.25, 0.3) is 133 Å². The van der Waals surface area contributed by atoms with E-state index in [1.807, 2.05) is 0 Å². The molecule has 0 aliphatic rings. The number of fused-ring (bicyclic) bond motifs is 12. The van der Waals surface area contributed by atoms with Gasteiger partial charge in [-0.2, -0.15) is 9.97 Å². The third kappa shape index (κ3) is 5.99. The lowest BCUT2D eigenvalue weighted by atomic mass is 9.93. The molecule has 0 unspecified atom stereocenters. The Balaban J connectivity index is 0.988. The first-order valence-corrected chi connectivity index (χ1v) is 23.1. The average molecular weight is 866 g/mol. The van der Waals surface area contributed by atoms with Gasteiger partial charge in [-0.25, -0.2) is 4.98 Å². The van der Waals surface area contributed by atoms with Crippen LogP contribution in [0.5, 0.6) is 0 Å². The monoisotopic (exact) mass is 865 g/mol. The number of hydrogen-bond acceptors (Lipinski definition) is 3. The fourth-order valence-corrected chi connectivity index (χ4v) is 10.6. The summed E-state index contributed by atoms with van der Waals surface area (Å²) in [6, 6.07) is 84.6. The van der Waals surface area contributed by atoms with Crippen molar-refractivity contribution in [2.24, 2.45) is 0 Å². The highest BCUT2D eigenvalue weighted by molar-refractivity contribution is 6.25. The van der Waals surface area contributed by atoms with Gasteiger partial charge in [0, 0.05) is 38.4 Å². The molecule has 3 aromatic heterocycles. The number of benzene rings is 11. The maximum absolute atomic E-state index is 5.41. The summed E-state index contributed by atoms with van der Waals surface area (Å²) in [6.07, 6.45) is 0. The van der Waals surface area contributed by atoms with Gasteiger partial charge in [0.2, 0.25) is 5.95 Å². The van der Waals surface area contributed by atoms with E-state index in [9.17, 15) is 0 Å². The molecule has 0 aliphatic heterocycles. The number of hydrogen-bond donors (Lipinski definition) is 0. The van der Waals surface area contributed by atoms with Crippen LogP contribution in [0.2, 0.25) is 0 Å². The third-order valence-corrected chi connectivity index (χ3v) is 13.7. The Bertz CT molecular complexity index is 4280. The van der Waals surface area contributed by atoms with Crippen LogP contribution in [0.15, 0.2) is 237 Å². The summed E-state index contributed by atoms with van der Waals surface area (Å²) < 4.78 is 4.57. The van der Waals surface area contributed by atoms with Gasteiger partial charge < -0.3 is 4.57 Å². The molecule has 0 atom stereocenters. The van der Waals surface area contributed by atoms with Gasteiger partial charge in [-0.05, 0) is 109 Å². The van der Waals surface area contributed by atoms with E-state index in [4.69, 9.17) is 15.0 Å². The number of rotatable bonds is 6. The van der Waals surface area contributed by atoms with Crippen molar-refractivity contribution in [1.29, 1.82) is 0 Å². The largest absolute Gasteiger partial charge is 0.309 e. The first-order valence-electron chi connectivity index (χ1n) is 23.1. The van der Waals surface area contributed by atoms with E-state index in [0.717, 1.165) is 66.2 Å². The van der Waals surface area contributed by atoms with Gasteiger partial charge >= 0.3 is 0 Å². The average Bonchev–Trinajstić information content (AvgIpc) is 3.93. The standard InChI is InChI=1S/C63H39N5/c1-3-16-40(17-4-1)42-32-35-59-56(37-42)53-27-12-14-29-58(53)68(59)63-65-61(64-62(66-63)45-31-33-51-49-24-8-7-22-47(49)48-23-9-10-25-50(48)55(51)38-45)44-19-15-18-41(36-44)43-30-34-54-52-26-11-13-28-57(52)67(60(54)39-43)46-20-5-2-6-21-46/h1-39H. The maximum Gasteiger partial charge on any atom is 0.238 e. The van der Waals surface area contributed by atoms with Crippen molar-refractivity contribution in [1.82, 2.24) is 24.1 Å². The van der Waals surface area contributed by atoms with Crippen molar-refractivity contribution < 1.29 is 0 Å². The topological polar surface area (TPSA) is 48.5 Å². The predicted octanol–water partition coefficient (Wildman–Crippen LogP) is 16.2. The molecule has 316 valence electrons. The lowest BCUT2D eigenvalue weighted by molar-refractivity contribution is 0.954. The van der Waals surface area contributed by atoms with Crippen LogP contribution >= 0.6 is 0 Å². The highest BCUT2D eigenvalue weighted by Gasteiger charge is 2.20. The Hall–Kier alpha value is -9.19. The Morgan fingerprint density at radius 2 is 0.647 bits per heavy atom. The summed E-state index contributed by atoms with van der Waals surface area (Å²) in [5.74, 6) is 1.77. The second-order valence-corrected chi connectivity index (χ2v) is 17.6. The summed E-state index contributed by atoms with van der Waals surface area (Å²) in [7, 11) is 0. The number of para-hydroxylation sites is 3. The number of aromatic nitrogens is 5. The van der Waals surface area contributed by atoms with E-state index in [2.05, 4.69) is 246 Å². The molecular weight excluding hydrogens is 827 g/mol. The zero-order valence-corrected chi connectivity index (χ0v) is 36.8. The Labute approximate surface area is 391 Å². The molecule has 0 bridgehead atoms. The molecule has 0 saturated heterocycles. The fraction of sp³-hybridized carbons (Fsp3) is 0. The minimum absolute atomic E-state index is 0.561. The molecular formula is C63H39N5. The highest BCUT2D eigenvalue weighted by atomic mass is 15.2. The predicted molar refractivity (Wildman–Crippen MR) is 283 cm³/mol. The summed E-state index contributed by atoms with van der Waals surface area (Å²) in [6.45, 7) is 0. The van der Waals surface area contributed by atoms with Crippen LogP contribution in [-0.4, -0.2) is 24.1 Å². The molecule has 14 rings (SSSR count). The van der Waals surface area contributed by atoms with Gasteiger partial charge in [0.1, 0.15) is 0 Å². The molecule has 0 amide bonds. The van der Waals surface area contributed by atoms with E-state index in [-0.39, 0.29) is 0 Å². The Kier molecular flexibility index (Phi) is 8.52. The molecule has 0 fully saturated rings. The van der Waals surface area contributed by atoms with Crippen LogP contribution in [0.4, 0.5) is 0 Å². The summed E-state index contributed by atoms with van der Waals surface area (Å²) in [5, 5.41) is 12.0. The van der Waals surface area contributed by atoms with Gasteiger partial charge in [0.25, 0.3) is 0 Å². The SMILES string of the molecule is c1ccc(-c2ccc3c(c2)c2ccccc2n3-c2nc(-c3cccc(-c4ccc5c6ccccc6n(-c6ccccc6)c5c4)c3)nc(-c3ccc4c5ccccc5c5ccccc5c4c3)n2)cc1. The molecule has 5 nitrogen and oxygen atoms in total. The minimum Gasteiger partial charge on any atom is -0.309 e. The van der Waals surface area contributed by atoms with Crippen molar-refractivity contribution in [3.8, 4) is 56.7 Å². The van der Waals surface area contributed by atoms with E-state index in [1.54, 1.807) is 0 Å². The Morgan fingerprint density at radius 3 is 1.35 bits per heavy atom. The molecule has 68 heavy (non-hydrogen) atoms. The molecule has 0 aliphatic carbocycles. The Morgan fingerprint density at radius 1 is 0.221 bits per heavy atom.